The molecular formula is C31H36FN3O8P+. The number of aliphatic hydroxyl groups is 1. The van der Waals surface area contributed by atoms with Crippen LogP contribution in [0.3, 0.4) is 0 Å². The number of hydrogen-bond donors (Lipinski definition) is 4. The minimum absolute atomic E-state index is 0.0588. The molecule has 11 nitrogen and oxygen atoms in total. The number of nitrogens with one attached hydrogen (secondary N) is 2. The van der Waals surface area contributed by atoms with E-state index in [1.54, 1.807) is 38.1 Å². The van der Waals surface area contributed by atoms with Crippen molar-refractivity contribution in [2.24, 2.45) is 0 Å². The molecule has 2 aliphatic heterocycles. The first-order valence-electron chi connectivity index (χ1n) is 13.9. The van der Waals surface area contributed by atoms with Gasteiger partial charge in [-0.3, -0.25) is 14.1 Å². The number of ether oxygens (including phenoxy) is 2. The van der Waals surface area contributed by atoms with Crippen molar-refractivity contribution in [3.05, 3.63) is 90.4 Å². The molecular weight excluding hydrogens is 592 g/mol. The van der Waals surface area contributed by atoms with Gasteiger partial charge >= 0.3 is 14.1 Å². The summed E-state index contributed by atoms with van der Waals surface area (Å²) in [7, 11) is -4.12. The van der Waals surface area contributed by atoms with Crippen molar-refractivity contribution in [1.29, 1.82) is 0 Å². The normalized spacial score (nSPS) is 25.1. The highest BCUT2D eigenvalue weighted by atomic mass is 31.2. The Morgan fingerprint density at radius 2 is 1.82 bits per heavy atom. The predicted molar refractivity (Wildman–Crippen MR) is 161 cm³/mol. The average Bonchev–Trinajstić information content (AvgIpc) is 3.19. The van der Waals surface area contributed by atoms with E-state index in [0.29, 0.717) is 5.56 Å². The van der Waals surface area contributed by atoms with Crippen LogP contribution in [-0.4, -0.2) is 69.6 Å². The van der Waals surface area contributed by atoms with Gasteiger partial charge in [-0.2, -0.15) is 9.42 Å². The Morgan fingerprint density at radius 1 is 1.18 bits per heavy atom. The highest BCUT2D eigenvalue weighted by Gasteiger charge is 2.58. The molecule has 1 fully saturated rings. The summed E-state index contributed by atoms with van der Waals surface area (Å²) in [6.07, 6.45) is -2.30. The summed E-state index contributed by atoms with van der Waals surface area (Å²) in [6.45, 7) is 9.14. The SMILES string of the molecule is C=C1NC(=O)C=CN1[C@@H]1O[C@H](CO[P+](O)(N[C@@H](C)C(=O)OC(C)C)Oc2ccc(C#Cc3ccccc3)cc2)[C@@H](O)[C@@]1(C)F. The largest absolute Gasteiger partial charge is 0.544 e. The van der Waals surface area contributed by atoms with E-state index in [4.69, 9.17) is 18.5 Å². The molecule has 0 spiro atoms. The molecule has 2 aliphatic rings. The Labute approximate surface area is 256 Å². The van der Waals surface area contributed by atoms with Gasteiger partial charge in [0.2, 0.25) is 0 Å². The number of benzene rings is 2. The summed E-state index contributed by atoms with van der Waals surface area (Å²) >= 11 is 0. The molecule has 44 heavy (non-hydrogen) atoms. The van der Waals surface area contributed by atoms with Gasteiger partial charge < -0.3 is 24.8 Å². The number of carbonyl (C=O) groups excluding carboxylic acids is 2. The van der Waals surface area contributed by atoms with Crippen LogP contribution in [-0.2, 0) is 23.6 Å². The number of aliphatic hydroxyl groups excluding tert-OH is 1. The maximum absolute atomic E-state index is 15.8. The molecule has 4 N–H and O–H groups in total. The van der Waals surface area contributed by atoms with Gasteiger partial charge in [0.15, 0.2) is 17.6 Å². The molecule has 1 saturated heterocycles. The monoisotopic (exact) mass is 628 g/mol. The van der Waals surface area contributed by atoms with E-state index in [1.807, 2.05) is 30.3 Å². The van der Waals surface area contributed by atoms with Gasteiger partial charge in [-0.05, 0) is 64.1 Å². The number of amides is 1. The molecule has 4 rings (SSSR count). The van der Waals surface area contributed by atoms with Gasteiger partial charge in [0.05, 0.1) is 6.10 Å². The van der Waals surface area contributed by atoms with Crippen molar-refractivity contribution in [3.63, 3.8) is 0 Å². The number of rotatable bonds is 10. The van der Waals surface area contributed by atoms with Crippen molar-refractivity contribution in [2.45, 2.75) is 63.9 Å². The second kappa shape index (κ2) is 13.9. The smallest absolute Gasteiger partial charge is 0.462 e. The number of nitrogens with zero attached hydrogens (tertiary/aromatic N) is 1. The lowest BCUT2D eigenvalue weighted by Gasteiger charge is -2.35. The van der Waals surface area contributed by atoms with Crippen LogP contribution in [0.2, 0.25) is 0 Å². The first-order valence-corrected chi connectivity index (χ1v) is 15.5. The third kappa shape index (κ3) is 8.21. The zero-order valence-electron chi connectivity index (χ0n) is 24.8. The van der Waals surface area contributed by atoms with Crippen molar-refractivity contribution >= 4 is 20.0 Å². The number of hydrogen-bond acceptors (Lipinski definition) is 10. The van der Waals surface area contributed by atoms with E-state index in [9.17, 15) is 19.6 Å². The summed E-state index contributed by atoms with van der Waals surface area (Å²) < 4.78 is 38.3. The molecule has 2 aromatic rings. The zero-order valence-corrected chi connectivity index (χ0v) is 25.7. The summed E-state index contributed by atoms with van der Waals surface area (Å²) in [5.74, 6) is 5.24. The van der Waals surface area contributed by atoms with E-state index in [2.05, 4.69) is 28.8 Å². The number of halogens is 1. The Kier molecular flexibility index (Phi) is 10.4. The summed E-state index contributed by atoms with van der Waals surface area (Å²) in [4.78, 5) is 36.9. The van der Waals surface area contributed by atoms with E-state index < -0.39 is 62.8 Å². The van der Waals surface area contributed by atoms with Crippen LogP contribution < -0.4 is 14.9 Å². The molecule has 0 aliphatic carbocycles. The highest BCUT2D eigenvalue weighted by Crippen LogP contribution is 2.54. The number of carbonyl (C=O) groups is 2. The fraction of sp³-hybridized carbons (Fsp3) is 0.355. The van der Waals surface area contributed by atoms with Crippen molar-refractivity contribution in [1.82, 2.24) is 15.3 Å². The Morgan fingerprint density at radius 3 is 2.43 bits per heavy atom. The Bertz CT molecular complexity index is 1440. The molecule has 0 bridgehead atoms. The number of alkyl halides is 1. The van der Waals surface area contributed by atoms with Crippen molar-refractivity contribution < 1.29 is 42.5 Å². The fourth-order valence-electron chi connectivity index (χ4n) is 4.36. The third-order valence-electron chi connectivity index (χ3n) is 6.62. The summed E-state index contributed by atoms with van der Waals surface area (Å²) in [5.41, 5.74) is -0.799. The maximum atomic E-state index is 15.8. The third-order valence-corrected chi connectivity index (χ3v) is 8.29. The fourth-order valence-corrected chi connectivity index (χ4v) is 5.89. The van der Waals surface area contributed by atoms with Crippen LogP contribution in [0.15, 0.2) is 79.3 Å². The topological polar surface area (TPSA) is 139 Å². The standard InChI is InChI=1S/C31H35FN3O8P/c1-20(2)41-29(38)21(3)34-44(39,43-25-15-13-24(14-16-25)12-11-23-9-7-6-8-10-23)40-19-26-28(37)31(5,32)30(42-26)35-18-17-27(36)33-22(35)4/h6-10,13-18,20-21,26,28,30,34,37,39H,4,19H2,1-3,5H3/p+1/t21-,26+,28+,30+,31+,44?/m0/s1. The zero-order chi connectivity index (χ0) is 32.1. The molecule has 6 atom stereocenters. The van der Waals surface area contributed by atoms with Crippen LogP contribution >= 0.6 is 8.09 Å². The van der Waals surface area contributed by atoms with E-state index in [0.717, 1.165) is 12.5 Å². The molecule has 1 amide bonds. The summed E-state index contributed by atoms with van der Waals surface area (Å²) in [5, 5.41) is 15.9. The van der Waals surface area contributed by atoms with Crippen LogP contribution in [0.25, 0.3) is 0 Å². The van der Waals surface area contributed by atoms with Crippen LogP contribution in [0.5, 0.6) is 5.75 Å². The van der Waals surface area contributed by atoms with Gasteiger partial charge in [-0.1, -0.05) is 41.7 Å². The molecule has 0 radical (unpaired) electrons. The van der Waals surface area contributed by atoms with Crippen LogP contribution in [0, 0.1) is 11.8 Å². The van der Waals surface area contributed by atoms with Gasteiger partial charge in [-0.25, -0.2) is 4.39 Å². The molecule has 0 aromatic heterocycles. The highest BCUT2D eigenvalue weighted by molar-refractivity contribution is 7.58. The minimum atomic E-state index is -4.12. The van der Waals surface area contributed by atoms with Crippen molar-refractivity contribution in [2.75, 3.05) is 6.61 Å². The summed E-state index contributed by atoms with van der Waals surface area (Å²) in [6, 6.07) is 14.9. The lowest BCUT2D eigenvalue weighted by atomic mass is 9.98. The lowest BCUT2D eigenvalue weighted by molar-refractivity contribution is -0.149. The van der Waals surface area contributed by atoms with Crippen LogP contribution in [0.1, 0.15) is 38.8 Å². The molecule has 1 unspecified atom stereocenters. The predicted octanol–water partition coefficient (Wildman–Crippen LogP) is 3.31. The van der Waals surface area contributed by atoms with Gasteiger partial charge in [0.1, 0.15) is 30.7 Å². The minimum Gasteiger partial charge on any atom is -0.462 e. The van der Waals surface area contributed by atoms with Gasteiger partial charge in [0, 0.05) is 23.4 Å². The van der Waals surface area contributed by atoms with E-state index in [-0.39, 0.29) is 11.6 Å². The molecule has 0 saturated carbocycles. The molecule has 234 valence electrons. The van der Waals surface area contributed by atoms with E-state index in [1.165, 1.54) is 24.1 Å². The average molecular weight is 629 g/mol. The van der Waals surface area contributed by atoms with Gasteiger partial charge in [-0.15, -0.1) is 0 Å². The second-order valence-corrected chi connectivity index (χ2v) is 12.4. The Hall–Kier alpha value is -3.82. The van der Waals surface area contributed by atoms with Crippen molar-refractivity contribution in [3.8, 4) is 17.6 Å². The Balaban J connectivity index is 1.50. The molecule has 2 heterocycles. The quantitative estimate of drug-likeness (QED) is 0.176. The first-order chi connectivity index (χ1) is 20.8. The second-order valence-electron chi connectivity index (χ2n) is 10.7. The molecule has 13 heteroatoms. The lowest BCUT2D eigenvalue weighted by Crippen LogP contribution is -2.51. The van der Waals surface area contributed by atoms with Gasteiger partial charge in [0.25, 0.3) is 5.91 Å². The first kappa shape index (κ1) is 33.1. The van der Waals surface area contributed by atoms with E-state index >= 15 is 4.39 Å². The maximum Gasteiger partial charge on any atom is 0.544 e. The van der Waals surface area contributed by atoms with Crippen LogP contribution in [0.4, 0.5) is 4.39 Å². The molecule has 2 aromatic carbocycles. The number of esters is 1.